The number of benzene rings is 2. The second kappa shape index (κ2) is 8.32. The van der Waals surface area contributed by atoms with Crippen molar-refractivity contribution in [2.45, 2.75) is 19.8 Å². The zero-order valence-corrected chi connectivity index (χ0v) is 13.0. The monoisotopic (exact) mass is 304 g/mol. The molecular weight excluding hydrogens is 284 g/mol. The molecule has 2 aromatic carbocycles. The molecule has 0 aliphatic heterocycles. The second-order valence-corrected chi connectivity index (χ2v) is 4.69. The Hall–Kier alpha value is -2.00. The summed E-state index contributed by atoms with van der Waals surface area (Å²) in [6.45, 7) is 2.85. The van der Waals surface area contributed by atoms with Crippen molar-refractivity contribution >= 4 is 18.2 Å². The van der Waals surface area contributed by atoms with Crippen molar-refractivity contribution in [3.63, 3.8) is 0 Å². The predicted octanol–water partition coefficient (Wildman–Crippen LogP) is 4.24. The van der Waals surface area contributed by atoms with Gasteiger partial charge in [-0.05, 0) is 35.7 Å². The number of unbranched alkanes of at least 4 members (excludes halogenated alkanes) is 1. The van der Waals surface area contributed by atoms with Crippen LogP contribution in [0.15, 0.2) is 48.5 Å². The molecule has 3 N–H and O–H groups in total. The Balaban J connectivity index is 0.00000220. The maximum atomic E-state index is 7.70. The van der Waals surface area contributed by atoms with E-state index in [2.05, 4.69) is 6.92 Å². The number of halogens is 1. The molecule has 0 heterocycles. The second-order valence-electron chi connectivity index (χ2n) is 4.69. The van der Waals surface area contributed by atoms with Crippen molar-refractivity contribution < 1.29 is 4.74 Å². The maximum absolute atomic E-state index is 7.70. The highest BCUT2D eigenvalue weighted by molar-refractivity contribution is 6.01. The first kappa shape index (κ1) is 17.1. The van der Waals surface area contributed by atoms with Crippen LogP contribution in [0.4, 0.5) is 0 Å². The van der Waals surface area contributed by atoms with Gasteiger partial charge >= 0.3 is 0 Å². The van der Waals surface area contributed by atoms with Gasteiger partial charge in [0.2, 0.25) is 0 Å². The quantitative estimate of drug-likeness (QED) is 0.476. The molecule has 21 heavy (non-hydrogen) atoms. The SMILES string of the molecule is CCCCOc1ccc(C(=N)N)c(-c2ccccc2)c1.Cl. The summed E-state index contributed by atoms with van der Waals surface area (Å²) in [5, 5.41) is 7.70. The molecule has 2 rings (SSSR count). The fraction of sp³-hybridized carbons (Fsp3) is 0.235. The van der Waals surface area contributed by atoms with Crippen molar-refractivity contribution in [3.05, 3.63) is 54.1 Å². The molecule has 0 aliphatic carbocycles. The molecule has 0 unspecified atom stereocenters. The van der Waals surface area contributed by atoms with Crippen molar-refractivity contribution in [2.24, 2.45) is 5.73 Å². The van der Waals surface area contributed by atoms with Crippen LogP contribution in [0.1, 0.15) is 25.3 Å². The van der Waals surface area contributed by atoms with Crippen molar-refractivity contribution in [1.29, 1.82) is 5.41 Å². The molecule has 4 heteroatoms. The van der Waals surface area contributed by atoms with Gasteiger partial charge in [0.15, 0.2) is 0 Å². The van der Waals surface area contributed by atoms with Crippen LogP contribution in [-0.4, -0.2) is 12.4 Å². The Kier molecular flexibility index (Phi) is 6.76. The Morgan fingerprint density at radius 3 is 2.48 bits per heavy atom. The smallest absolute Gasteiger partial charge is 0.123 e. The molecule has 0 aromatic heterocycles. The van der Waals surface area contributed by atoms with E-state index in [1.54, 1.807) is 0 Å². The fourth-order valence-corrected chi connectivity index (χ4v) is 2.04. The van der Waals surface area contributed by atoms with E-state index in [0.717, 1.165) is 35.3 Å². The van der Waals surface area contributed by atoms with Crippen molar-refractivity contribution in [1.82, 2.24) is 0 Å². The van der Waals surface area contributed by atoms with Gasteiger partial charge in [0.1, 0.15) is 11.6 Å². The number of amidine groups is 1. The third kappa shape index (κ3) is 4.50. The Labute approximate surface area is 132 Å². The molecule has 2 aromatic rings. The summed E-state index contributed by atoms with van der Waals surface area (Å²) in [4.78, 5) is 0. The summed E-state index contributed by atoms with van der Waals surface area (Å²) >= 11 is 0. The summed E-state index contributed by atoms with van der Waals surface area (Å²) in [7, 11) is 0. The van der Waals surface area contributed by atoms with Gasteiger partial charge in [-0.25, -0.2) is 0 Å². The predicted molar refractivity (Wildman–Crippen MR) is 90.5 cm³/mol. The zero-order chi connectivity index (χ0) is 14.4. The lowest BCUT2D eigenvalue weighted by Gasteiger charge is -2.12. The van der Waals surface area contributed by atoms with Crippen LogP contribution >= 0.6 is 12.4 Å². The van der Waals surface area contributed by atoms with Crippen LogP contribution in [-0.2, 0) is 0 Å². The Morgan fingerprint density at radius 1 is 1.14 bits per heavy atom. The molecule has 0 spiro atoms. The molecule has 0 fully saturated rings. The normalized spacial score (nSPS) is 9.76. The largest absolute Gasteiger partial charge is 0.494 e. The van der Waals surface area contributed by atoms with Crippen LogP contribution < -0.4 is 10.5 Å². The number of hydrogen-bond donors (Lipinski definition) is 2. The third-order valence-electron chi connectivity index (χ3n) is 3.13. The first-order chi connectivity index (χ1) is 9.72. The maximum Gasteiger partial charge on any atom is 0.123 e. The lowest BCUT2D eigenvalue weighted by atomic mass is 9.99. The molecule has 0 saturated carbocycles. The minimum Gasteiger partial charge on any atom is -0.494 e. The molecule has 3 nitrogen and oxygen atoms in total. The van der Waals surface area contributed by atoms with Crippen LogP contribution in [0.2, 0.25) is 0 Å². The van der Waals surface area contributed by atoms with E-state index in [-0.39, 0.29) is 18.2 Å². The molecule has 0 bridgehead atoms. The highest BCUT2D eigenvalue weighted by Gasteiger charge is 2.09. The van der Waals surface area contributed by atoms with E-state index in [9.17, 15) is 0 Å². The van der Waals surface area contributed by atoms with Gasteiger partial charge in [-0.3, -0.25) is 5.41 Å². The van der Waals surface area contributed by atoms with E-state index < -0.39 is 0 Å². The molecule has 0 saturated heterocycles. The number of hydrogen-bond acceptors (Lipinski definition) is 2. The van der Waals surface area contributed by atoms with Gasteiger partial charge in [0.25, 0.3) is 0 Å². The van der Waals surface area contributed by atoms with E-state index in [1.807, 2.05) is 48.5 Å². The lowest BCUT2D eigenvalue weighted by molar-refractivity contribution is 0.309. The van der Waals surface area contributed by atoms with Gasteiger partial charge in [-0.15, -0.1) is 12.4 Å². The Bertz CT molecular complexity index is 585. The summed E-state index contributed by atoms with van der Waals surface area (Å²) in [5.41, 5.74) is 8.38. The van der Waals surface area contributed by atoms with E-state index in [4.69, 9.17) is 15.9 Å². The van der Waals surface area contributed by atoms with Crippen molar-refractivity contribution in [2.75, 3.05) is 6.61 Å². The summed E-state index contributed by atoms with van der Waals surface area (Å²) in [6, 6.07) is 15.6. The molecule has 0 radical (unpaired) electrons. The number of nitrogen functional groups attached to an aromatic ring is 1. The van der Waals surface area contributed by atoms with Crippen LogP contribution in [0, 0.1) is 5.41 Å². The first-order valence-corrected chi connectivity index (χ1v) is 6.89. The van der Waals surface area contributed by atoms with Crippen molar-refractivity contribution in [3.8, 4) is 16.9 Å². The van der Waals surface area contributed by atoms with E-state index >= 15 is 0 Å². The summed E-state index contributed by atoms with van der Waals surface area (Å²) < 4.78 is 5.73. The van der Waals surface area contributed by atoms with Gasteiger partial charge in [0, 0.05) is 5.56 Å². The average Bonchev–Trinajstić information content (AvgIpc) is 2.48. The first-order valence-electron chi connectivity index (χ1n) is 6.89. The molecule has 112 valence electrons. The standard InChI is InChI=1S/C17H20N2O.ClH/c1-2-3-11-20-14-9-10-15(17(18)19)16(12-14)13-7-5-4-6-8-13;/h4-10,12H,2-3,11H2,1H3,(H3,18,19);1H. The number of nitrogens with one attached hydrogen (secondary N) is 1. The highest BCUT2D eigenvalue weighted by Crippen LogP contribution is 2.28. The van der Waals surface area contributed by atoms with Crippen LogP contribution in [0.3, 0.4) is 0 Å². The summed E-state index contributed by atoms with van der Waals surface area (Å²) in [6.07, 6.45) is 2.15. The minimum atomic E-state index is 0. The molecule has 0 aliphatic rings. The highest BCUT2D eigenvalue weighted by atomic mass is 35.5. The number of rotatable bonds is 6. The molecule has 0 atom stereocenters. The number of ether oxygens (including phenoxy) is 1. The van der Waals surface area contributed by atoms with Gasteiger partial charge in [-0.2, -0.15) is 0 Å². The zero-order valence-electron chi connectivity index (χ0n) is 12.1. The van der Waals surface area contributed by atoms with Crippen LogP contribution in [0.25, 0.3) is 11.1 Å². The summed E-state index contributed by atoms with van der Waals surface area (Å²) in [5.74, 6) is 0.895. The van der Waals surface area contributed by atoms with Gasteiger partial charge in [0.05, 0.1) is 6.61 Å². The molecule has 0 amide bonds. The third-order valence-corrected chi connectivity index (χ3v) is 3.13. The number of nitrogens with two attached hydrogens (primary N) is 1. The van der Waals surface area contributed by atoms with Crippen LogP contribution in [0.5, 0.6) is 5.75 Å². The topological polar surface area (TPSA) is 59.1 Å². The average molecular weight is 305 g/mol. The van der Waals surface area contributed by atoms with Gasteiger partial charge in [-0.1, -0.05) is 43.7 Å². The minimum absolute atomic E-state index is 0. The fourth-order valence-electron chi connectivity index (χ4n) is 2.04. The lowest BCUT2D eigenvalue weighted by Crippen LogP contribution is -2.12. The van der Waals surface area contributed by atoms with Gasteiger partial charge < -0.3 is 10.5 Å². The van der Waals surface area contributed by atoms with E-state index in [0.29, 0.717) is 6.61 Å². The van der Waals surface area contributed by atoms with E-state index in [1.165, 1.54) is 0 Å². The molecular formula is C17H21ClN2O. The Morgan fingerprint density at radius 2 is 1.86 bits per heavy atom.